The topological polar surface area (TPSA) is 78.2 Å². The third-order valence-corrected chi connectivity index (χ3v) is 5.94. The summed E-state index contributed by atoms with van der Waals surface area (Å²) in [6.45, 7) is 4.75. The summed E-state index contributed by atoms with van der Waals surface area (Å²) < 4.78 is 8.98. The Balaban J connectivity index is 1.58. The van der Waals surface area contributed by atoms with E-state index in [1.807, 2.05) is 80.6 Å². The van der Waals surface area contributed by atoms with Gasteiger partial charge in [-0.3, -0.25) is 14.2 Å². The number of aromatic nitrogens is 3. The molecule has 0 fully saturated rings. The van der Waals surface area contributed by atoms with E-state index in [0.29, 0.717) is 35.6 Å². The fourth-order valence-electron chi connectivity index (χ4n) is 4.36. The van der Waals surface area contributed by atoms with Gasteiger partial charge in [0.05, 0.1) is 30.7 Å². The lowest BCUT2D eigenvalue weighted by Gasteiger charge is -2.13. The molecule has 7 nitrogen and oxygen atoms in total. The summed E-state index contributed by atoms with van der Waals surface area (Å²) in [5, 5.41) is 3.79. The molecule has 0 spiro atoms. The van der Waals surface area contributed by atoms with Crippen LogP contribution in [0.4, 0.5) is 5.69 Å². The lowest BCUT2D eigenvalue weighted by Crippen LogP contribution is -2.25. The molecule has 0 bridgehead atoms. The third-order valence-electron chi connectivity index (χ3n) is 5.94. The van der Waals surface area contributed by atoms with Crippen LogP contribution in [0.15, 0.2) is 83.9 Å². The summed E-state index contributed by atoms with van der Waals surface area (Å²) in [5.74, 6) is 0.350. The molecule has 3 aromatic carbocycles. The van der Waals surface area contributed by atoms with Gasteiger partial charge in [-0.1, -0.05) is 54.1 Å². The van der Waals surface area contributed by atoms with Gasteiger partial charge in [0.15, 0.2) is 0 Å². The normalized spacial score (nSPS) is 11.1. The molecule has 0 aliphatic heterocycles. The van der Waals surface area contributed by atoms with Crippen LogP contribution in [-0.4, -0.2) is 26.6 Å². The maximum Gasteiger partial charge on any atom is 0.278 e. The first-order valence-electron chi connectivity index (χ1n) is 11.6. The molecule has 35 heavy (non-hydrogen) atoms. The van der Waals surface area contributed by atoms with Crippen molar-refractivity contribution >= 4 is 33.5 Å². The van der Waals surface area contributed by atoms with Crippen molar-refractivity contribution in [3.63, 3.8) is 0 Å². The number of anilines is 1. The molecule has 0 atom stereocenters. The van der Waals surface area contributed by atoms with Gasteiger partial charge in [-0.05, 0) is 43.7 Å². The van der Waals surface area contributed by atoms with Gasteiger partial charge in [0, 0.05) is 5.39 Å². The van der Waals surface area contributed by atoms with E-state index in [1.165, 1.54) is 0 Å². The second-order valence-electron chi connectivity index (χ2n) is 8.44. The van der Waals surface area contributed by atoms with Gasteiger partial charge >= 0.3 is 0 Å². The van der Waals surface area contributed by atoms with E-state index in [-0.39, 0.29) is 18.0 Å². The molecule has 7 heteroatoms. The van der Waals surface area contributed by atoms with Gasteiger partial charge < -0.3 is 14.6 Å². The number of nitrogens with one attached hydrogen (secondary N) is 1. The molecular formula is C28H26N4O3. The van der Waals surface area contributed by atoms with Gasteiger partial charge in [-0.25, -0.2) is 4.98 Å². The minimum atomic E-state index is -0.255. The molecule has 0 radical (unpaired) electrons. The monoisotopic (exact) mass is 466 g/mol. The number of para-hydroxylation sites is 2. The molecule has 0 aliphatic carbocycles. The predicted molar refractivity (Wildman–Crippen MR) is 138 cm³/mol. The van der Waals surface area contributed by atoms with E-state index in [1.54, 1.807) is 21.5 Å². The molecule has 176 valence electrons. The SMILES string of the molecule is CCOc1ccccc1NC(=O)Cn1c2ccc(C)cc2c2ncn(Cc3ccccc3)c(=O)c21. The standard InChI is InChI=1S/C28H26N4O3/c1-3-35-24-12-8-7-11-22(24)30-25(33)17-32-23-14-13-19(2)15-21(23)26-27(32)28(34)31(18-29-26)16-20-9-5-4-6-10-20/h4-15,18H,3,16-17H2,1-2H3,(H,30,33). The zero-order valence-corrected chi connectivity index (χ0v) is 19.7. The molecule has 1 N–H and O–H groups in total. The first-order valence-corrected chi connectivity index (χ1v) is 11.6. The highest BCUT2D eigenvalue weighted by molar-refractivity contribution is 6.07. The van der Waals surface area contributed by atoms with Crippen molar-refractivity contribution in [2.24, 2.45) is 0 Å². The summed E-state index contributed by atoms with van der Waals surface area (Å²) in [7, 11) is 0. The van der Waals surface area contributed by atoms with E-state index >= 15 is 0 Å². The van der Waals surface area contributed by atoms with Crippen molar-refractivity contribution in [3.8, 4) is 5.75 Å². The molecule has 1 amide bonds. The second-order valence-corrected chi connectivity index (χ2v) is 8.44. The Kier molecular flexibility index (Phi) is 6.06. The van der Waals surface area contributed by atoms with Crippen LogP contribution in [0.2, 0.25) is 0 Å². The van der Waals surface area contributed by atoms with Crippen molar-refractivity contribution in [1.29, 1.82) is 0 Å². The van der Waals surface area contributed by atoms with Crippen LogP contribution < -0.4 is 15.6 Å². The Morgan fingerprint density at radius 3 is 2.60 bits per heavy atom. The number of benzene rings is 3. The van der Waals surface area contributed by atoms with Crippen LogP contribution in [-0.2, 0) is 17.9 Å². The molecule has 0 saturated carbocycles. The van der Waals surface area contributed by atoms with Crippen LogP contribution >= 0.6 is 0 Å². The highest BCUT2D eigenvalue weighted by atomic mass is 16.5. The van der Waals surface area contributed by atoms with E-state index in [0.717, 1.165) is 22.0 Å². The van der Waals surface area contributed by atoms with Crippen LogP contribution in [0, 0.1) is 6.92 Å². The number of fused-ring (bicyclic) bond motifs is 3. The molecule has 0 aliphatic rings. The fourth-order valence-corrected chi connectivity index (χ4v) is 4.36. The smallest absolute Gasteiger partial charge is 0.278 e. The second kappa shape index (κ2) is 9.46. The Bertz CT molecular complexity index is 1590. The fraction of sp³-hybridized carbons (Fsp3) is 0.179. The molecule has 2 heterocycles. The number of nitrogens with zero attached hydrogens (tertiary/aromatic N) is 3. The summed E-state index contributed by atoms with van der Waals surface area (Å²) in [4.78, 5) is 31.4. The number of ether oxygens (including phenoxy) is 1. The Morgan fingerprint density at radius 2 is 1.80 bits per heavy atom. The zero-order valence-electron chi connectivity index (χ0n) is 19.7. The number of rotatable bonds is 7. The van der Waals surface area contributed by atoms with Crippen LogP contribution in [0.3, 0.4) is 0 Å². The van der Waals surface area contributed by atoms with Crippen molar-refractivity contribution in [2.75, 3.05) is 11.9 Å². The van der Waals surface area contributed by atoms with Crippen molar-refractivity contribution < 1.29 is 9.53 Å². The molecule has 0 saturated heterocycles. The van der Waals surface area contributed by atoms with Crippen molar-refractivity contribution in [3.05, 3.63) is 101 Å². The van der Waals surface area contributed by atoms with Crippen molar-refractivity contribution in [1.82, 2.24) is 14.1 Å². The summed E-state index contributed by atoms with van der Waals surface area (Å²) in [6.07, 6.45) is 1.59. The molecule has 2 aromatic heterocycles. The first-order chi connectivity index (χ1) is 17.0. The predicted octanol–water partition coefficient (Wildman–Crippen LogP) is 4.75. The van der Waals surface area contributed by atoms with E-state index in [4.69, 9.17) is 4.74 Å². The van der Waals surface area contributed by atoms with Gasteiger partial charge in [0.25, 0.3) is 5.56 Å². The van der Waals surface area contributed by atoms with E-state index in [9.17, 15) is 9.59 Å². The van der Waals surface area contributed by atoms with Crippen LogP contribution in [0.25, 0.3) is 21.9 Å². The van der Waals surface area contributed by atoms with Crippen LogP contribution in [0.1, 0.15) is 18.1 Å². The maximum atomic E-state index is 13.6. The highest BCUT2D eigenvalue weighted by Gasteiger charge is 2.19. The molecule has 5 aromatic rings. The summed E-state index contributed by atoms with van der Waals surface area (Å²) in [6, 6.07) is 23.0. The Labute approximate surface area is 202 Å². The Hall–Kier alpha value is -4.39. The number of aryl methyl sites for hydroxylation is 1. The van der Waals surface area contributed by atoms with Crippen LogP contribution in [0.5, 0.6) is 5.75 Å². The number of hydrogen-bond donors (Lipinski definition) is 1. The lowest BCUT2D eigenvalue weighted by molar-refractivity contribution is -0.116. The van der Waals surface area contributed by atoms with Gasteiger partial charge in [0.1, 0.15) is 23.3 Å². The minimum Gasteiger partial charge on any atom is -0.492 e. The van der Waals surface area contributed by atoms with Gasteiger partial charge in [-0.2, -0.15) is 0 Å². The number of carbonyl (C=O) groups is 1. The number of hydrogen-bond acceptors (Lipinski definition) is 4. The average molecular weight is 467 g/mol. The van der Waals surface area contributed by atoms with Gasteiger partial charge in [0.2, 0.25) is 5.91 Å². The highest BCUT2D eigenvalue weighted by Crippen LogP contribution is 2.28. The molecular weight excluding hydrogens is 440 g/mol. The average Bonchev–Trinajstić information content (AvgIpc) is 3.16. The summed E-state index contributed by atoms with van der Waals surface area (Å²) in [5.41, 5.74) is 4.27. The minimum absolute atomic E-state index is 0.0320. The van der Waals surface area contributed by atoms with E-state index < -0.39 is 0 Å². The maximum absolute atomic E-state index is 13.6. The number of carbonyl (C=O) groups excluding carboxylic acids is 1. The summed E-state index contributed by atoms with van der Waals surface area (Å²) >= 11 is 0. The third kappa shape index (κ3) is 4.40. The number of amides is 1. The first kappa shape index (κ1) is 22.4. The Morgan fingerprint density at radius 1 is 1.03 bits per heavy atom. The van der Waals surface area contributed by atoms with Gasteiger partial charge in [-0.15, -0.1) is 0 Å². The van der Waals surface area contributed by atoms with E-state index in [2.05, 4.69) is 10.3 Å². The van der Waals surface area contributed by atoms with Crippen molar-refractivity contribution in [2.45, 2.75) is 26.9 Å². The molecule has 0 unspecified atom stereocenters. The zero-order chi connectivity index (χ0) is 24.4. The molecule has 5 rings (SSSR count). The quantitative estimate of drug-likeness (QED) is 0.376. The lowest BCUT2D eigenvalue weighted by atomic mass is 10.1. The largest absolute Gasteiger partial charge is 0.492 e.